The average molecular weight is 350 g/mol. The van der Waals surface area contributed by atoms with Gasteiger partial charge in [-0.1, -0.05) is 48.5 Å². The van der Waals surface area contributed by atoms with E-state index in [1.54, 1.807) is 0 Å². The Morgan fingerprint density at radius 1 is 0.962 bits per heavy atom. The molecule has 0 bridgehead atoms. The summed E-state index contributed by atoms with van der Waals surface area (Å²) in [6, 6.07) is 19.9. The molecule has 0 radical (unpaired) electrons. The zero-order chi connectivity index (χ0) is 18.0. The Labute approximate surface area is 155 Å². The van der Waals surface area contributed by atoms with E-state index in [9.17, 15) is 9.90 Å². The second kappa shape index (κ2) is 7.22. The van der Waals surface area contributed by atoms with E-state index in [1.165, 1.54) is 0 Å². The quantitative estimate of drug-likeness (QED) is 0.922. The smallest absolute Gasteiger partial charge is 0.227 e. The van der Waals surface area contributed by atoms with Crippen LogP contribution in [-0.4, -0.2) is 42.1 Å². The first-order valence-corrected chi connectivity index (χ1v) is 9.50. The van der Waals surface area contributed by atoms with E-state index < -0.39 is 5.60 Å². The van der Waals surface area contributed by atoms with Gasteiger partial charge < -0.3 is 14.9 Å². The fourth-order valence-corrected chi connectivity index (χ4v) is 4.27. The van der Waals surface area contributed by atoms with Crippen LogP contribution in [0, 0.1) is 5.92 Å². The van der Waals surface area contributed by atoms with Crippen molar-refractivity contribution in [2.45, 2.75) is 24.9 Å². The van der Waals surface area contributed by atoms with Crippen LogP contribution in [0.15, 0.2) is 60.7 Å². The van der Waals surface area contributed by atoms with E-state index in [-0.39, 0.29) is 5.91 Å². The molecule has 0 aliphatic carbocycles. The van der Waals surface area contributed by atoms with Gasteiger partial charge in [0, 0.05) is 38.3 Å². The molecule has 2 aliphatic heterocycles. The summed E-state index contributed by atoms with van der Waals surface area (Å²) in [6.45, 7) is 3.48. The molecular formula is C22H26N2O2. The van der Waals surface area contributed by atoms with Gasteiger partial charge in [-0.2, -0.15) is 0 Å². The minimum atomic E-state index is -0.709. The molecule has 136 valence electrons. The maximum atomic E-state index is 12.4. The molecular weight excluding hydrogens is 324 g/mol. The fourth-order valence-electron chi connectivity index (χ4n) is 4.27. The highest BCUT2D eigenvalue weighted by Gasteiger charge is 2.36. The lowest BCUT2D eigenvalue weighted by Gasteiger charge is -2.39. The molecule has 26 heavy (non-hydrogen) atoms. The highest BCUT2D eigenvalue weighted by atomic mass is 16.3. The SMILES string of the molecule is O=C1C[C@H](CN2CCC(O)(c3ccccc3)CC2)CN1c1ccccc1. The number of benzene rings is 2. The van der Waals surface area contributed by atoms with Crippen LogP contribution in [0.1, 0.15) is 24.8 Å². The predicted octanol–water partition coefficient (Wildman–Crippen LogP) is 3.02. The summed E-state index contributed by atoms with van der Waals surface area (Å²) in [5.41, 5.74) is 1.31. The van der Waals surface area contributed by atoms with Crippen LogP contribution in [0.3, 0.4) is 0 Å². The summed E-state index contributed by atoms with van der Waals surface area (Å²) >= 11 is 0. The Hall–Kier alpha value is -2.17. The summed E-state index contributed by atoms with van der Waals surface area (Å²) < 4.78 is 0. The van der Waals surface area contributed by atoms with E-state index in [0.29, 0.717) is 12.3 Å². The molecule has 2 aromatic carbocycles. The van der Waals surface area contributed by atoms with Gasteiger partial charge in [0.15, 0.2) is 0 Å². The van der Waals surface area contributed by atoms with Crippen molar-refractivity contribution in [1.29, 1.82) is 0 Å². The third-order valence-corrected chi connectivity index (χ3v) is 5.78. The van der Waals surface area contributed by atoms with Gasteiger partial charge in [-0.3, -0.25) is 4.79 Å². The van der Waals surface area contributed by atoms with Crippen molar-refractivity contribution >= 4 is 11.6 Å². The molecule has 2 fully saturated rings. The number of carbonyl (C=O) groups is 1. The zero-order valence-electron chi connectivity index (χ0n) is 15.1. The summed E-state index contributed by atoms with van der Waals surface area (Å²) in [5.74, 6) is 0.588. The van der Waals surface area contributed by atoms with Gasteiger partial charge >= 0.3 is 0 Å². The number of nitrogens with zero attached hydrogens (tertiary/aromatic N) is 2. The zero-order valence-corrected chi connectivity index (χ0v) is 15.1. The minimum absolute atomic E-state index is 0.221. The normalized spacial score (nSPS) is 23.3. The number of aliphatic hydroxyl groups is 1. The largest absolute Gasteiger partial charge is 0.385 e. The van der Waals surface area contributed by atoms with Crippen molar-refractivity contribution in [3.8, 4) is 0 Å². The van der Waals surface area contributed by atoms with E-state index in [4.69, 9.17) is 0 Å². The lowest BCUT2D eigenvalue weighted by atomic mass is 9.84. The second-order valence-corrected chi connectivity index (χ2v) is 7.61. The number of hydrogen-bond donors (Lipinski definition) is 1. The first-order valence-electron chi connectivity index (χ1n) is 9.50. The van der Waals surface area contributed by atoms with Gasteiger partial charge in [-0.25, -0.2) is 0 Å². The van der Waals surface area contributed by atoms with E-state index in [2.05, 4.69) is 4.90 Å². The lowest BCUT2D eigenvalue weighted by Crippen LogP contribution is -2.44. The van der Waals surface area contributed by atoms with Crippen molar-refractivity contribution in [2.24, 2.45) is 5.92 Å². The lowest BCUT2D eigenvalue weighted by molar-refractivity contribution is -0.117. The summed E-state index contributed by atoms with van der Waals surface area (Å²) in [7, 11) is 0. The van der Waals surface area contributed by atoms with Crippen LogP contribution >= 0.6 is 0 Å². The van der Waals surface area contributed by atoms with Crippen LogP contribution in [-0.2, 0) is 10.4 Å². The number of para-hydroxylation sites is 1. The van der Waals surface area contributed by atoms with Crippen molar-refractivity contribution in [1.82, 2.24) is 4.90 Å². The maximum absolute atomic E-state index is 12.4. The number of amides is 1. The highest BCUT2D eigenvalue weighted by molar-refractivity contribution is 5.95. The molecule has 2 aromatic rings. The van der Waals surface area contributed by atoms with Crippen LogP contribution in [0.5, 0.6) is 0 Å². The molecule has 1 atom stereocenters. The topological polar surface area (TPSA) is 43.8 Å². The Balaban J connectivity index is 1.33. The van der Waals surface area contributed by atoms with E-state index >= 15 is 0 Å². The number of rotatable bonds is 4. The summed E-state index contributed by atoms with van der Waals surface area (Å²) in [6.07, 6.45) is 2.12. The van der Waals surface area contributed by atoms with Crippen LogP contribution in [0.2, 0.25) is 0 Å². The van der Waals surface area contributed by atoms with Gasteiger partial charge in [0.25, 0.3) is 0 Å². The first kappa shape index (κ1) is 17.3. The molecule has 2 saturated heterocycles. The average Bonchev–Trinajstić information content (AvgIpc) is 3.05. The Bertz CT molecular complexity index is 739. The maximum Gasteiger partial charge on any atom is 0.227 e. The Morgan fingerprint density at radius 2 is 1.58 bits per heavy atom. The Morgan fingerprint density at radius 3 is 2.23 bits per heavy atom. The third-order valence-electron chi connectivity index (χ3n) is 5.78. The van der Waals surface area contributed by atoms with E-state index in [1.807, 2.05) is 65.6 Å². The molecule has 0 unspecified atom stereocenters. The van der Waals surface area contributed by atoms with Crippen molar-refractivity contribution in [2.75, 3.05) is 31.1 Å². The van der Waals surface area contributed by atoms with Crippen molar-refractivity contribution in [3.63, 3.8) is 0 Å². The molecule has 0 saturated carbocycles. The first-order chi connectivity index (χ1) is 12.6. The predicted molar refractivity (Wildman–Crippen MR) is 103 cm³/mol. The van der Waals surface area contributed by atoms with Crippen LogP contribution in [0.25, 0.3) is 0 Å². The molecule has 4 rings (SSSR count). The van der Waals surface area contributed by atoms with Crippen LogP contribution < -0.4 is 4.90 Å². The number of carbonyl (C=O) groups excluding carboxylic acids is 1. The molecule has 4 nitrogen and oxygen atoms in total. The number of anilines is 1. The van der Waals surface area contributed by atoms with Gasteiger partial charge in [-0.05, 0) is 36.5 Å². The summed E-state index contributed by atoms with van der Waals surface area (Å²) in [4.78, 5) is 16.7. The van der Waals surface area contributed by atoms with Gasteiger partial charge in [0.05, 0.1) is 5.60 Å². The Kier molecular flexibility index (Phi) is 4.79. The minimum Gasteiger partial charge on any atom is -0.385 e. The number of likely N-dealkylation sites (tertiary alicyclic amines) is 1. The fraction of sp³-hybridized carbons (Fsp3) is 0.409. The molecule has 2 heterocycles. The van der Waals surface area contributed by atoms with E-state index in [0.717, 1.165) is 50.3 Å². The van der Waals surface area contributed by atoms with Gasteiger partial charge in [0.1, 0.15) is 0 Å². The highest BCUT2D eigenvalue weighted by Crippen LogP contribution is 2.33. The standard InChI is InChI=1S/C22H26N2O2/c25-21-15-18(17-24(21)20-9-5-2-6-10-20)16-23-13-11-22(26,12-14-23)19-7-3-1-4-8-19/h1-10,18,26H,11-17H2/t18-/m1/s1. The summed E-state index contributed by atoms with van der Waals surface area (Å²) in [5, 5.41) is 11.0. The monoisotopic (exact) mass is 350 g/mol. The van der Waals surface area contributed by atoms with Crippen molar-refractivity contribution in [3.05, 3.63) is 66.2 Å². The van der Waals surface area contributed by atoms with Crippen molar-refractivity contribution < 1.29 is 9.90 Å². The molecule has 0 aromatic heterocycles. The van der Waals surface area contributed by atoms with Gasteiger partial charge in [-0.15, -0.1) is 0 Å². The van der Waals surface area contributed by atoms with Gasteiger partial charge in [0.2, 0.25) is 5.91 Å². The number of hydrogen-bond acceptors (Lipinski definition) is 3. The molecule has 1 amide bonds. The van der Waals surface area contributed by atoms with Crippen LogP contribution in [0.4, 0.5) is 5.69 Å². The molecule has 2 aliphatic rings. The molecule has 4 heteroatoms. The second-order valence-electron chi connectivity index (χ2n) is 7.61. The molecule has 1 N–H and O–H groups in total. The third kappa shape index (κ3) is 3.53. The molecule has 0 spiro atoms. The number of piperidine rings is 1.